The van der Waals surface area contributed by atoms with Crippen LogP contribution in [0.2, 0.25) is 0 Å². The minimum absolute atomic E-state index is 0.0121. The second kappa shape index (κ2) is 9.62. The highest BCUT2D eigenvalue weighted by Crippen LogP contribution is 2.41. The number of rotatable bonds is 8. The first-order valence-electron chi connectivity index (χ1n) is 9.93. The Morgan fingerprint density at radius 1 is 1.21 bits per heavy atom. The number of carbonyl (C=O) groups is 1. The van der Waals surface area contributed by atoms with Crippen LogP contribution < -0.4 is 5.32 Å². The molecule has 2 N–H and O–H groups in total. The van der Waals surface area contributed by atoms with Gasteiger partial charge in [0.05, 0.1) is 12.3 Å². The number of aromatic nitrogens is 1. The van der Waals surface area contributed by atoms with Gasteiger partial charge in [-0.3, -0.25) is 14.7 Å². The predicted molar refractivity (Wildman–Crippen MR) is 112 cm³/mol. The Hall–Kier alpha value is -2.50. The number of nitrogens with zero attached hydrogens (tertiary/aromatic N) is 2. The van der Waals surface area contributed by atoms with E-state index < -0.39 is 0 Å². The second-order valence-corrected chi connectivity index (χ2v) is 7.16. The Kier molecular flexibility index (Phi) is 6.95. The molecule has 2 aromatic rings. The summed E-state index contributed by atoms with van der Waals surface area (Å²) in [6, 6.07) is 14.5. The maximum Gasteiger partial charge on any atom is 0.219 e. The van der Waals surface area contributed by atoms with Crippen molar-refractivity contribution in [1.29, 1.82) is 0 Å². The summed E-state index contributed by atoms with van der Waals surface area (Å²) in [7, 11) is 0. The lowest BCUT2D eigenvalue weighted by molar-refractivity contribution is -0.122. The van der Waals surface area contributed by atoms with Gasteiger partial charge in [0, 0.05) is 43.7 Å². The van der Waals surface area contributed by atoms with Crippen LogP contribution in [-0.4, -0.2) is 46.1 Å². The van der Waals surface area contributed by atoms with Crippen molar-refractivity contribution in [3.63, 3.8) is 0 Å². The lowest BCUT2D eigenvalue weighted by Crippen LogP contribution is -2.66. The van der Waals surface area contributed by atoms with E-state index >= 15 is 0 Å². The van der Waals surface area contributed by atoms with Crippen molar-refractivity contribution in [1.82, 2.24) is 15.2 Å². The quantitative estimate of drug-likeness (QED) is 0.740. The summed E-state index contributed by atoms with van der Waals surface area (Å²) >= 11 is 0. The van der Waals surface area contributed by atoms with E-state index in [1.165, 1.54) is 5.56 Å². The van der Waals surface area contributed by atoms with Gasteiger partial charge in [0.2, 0.25) is 5.91 Å². The van der Waals surface area contributed by atoms with Crippen molar-refractivity contribution < 1.29 is 9.90 Å². The third-order valence-electron chi connectivity index (χ3n) is 5.45. The number of aliphatic hydroxyl groups excluding tert-OH is 1. The lowest BCUT2D eigenvalue weighted by Gasteiger charge is -2.55. The lowest BCUT2D eigenvalue weighted by atomic mass is 9.74. The topological polar surface area (TPSA) is 65.5 Å². The van der Waals surface area contributed by atoms with E-state index in [1.54, 1.807) is 6.20 Å². The molecule has 148 valence electrons. The van der Waals surface area contributed by atoms with E-state index in [1.807, 2.05) is 38.1 Å². The first-order chi connectivity index (χ1) is 13.7. The molecule has 5 nitrogen and oxygen atoms in total. The van der Waals surface area contributed by atoms with Gasteiger partial charge < -0.3 is 10.4 Å². The van der Waals surface area contributed by atoms with Crippen LogP contribution in [0.1, 0.15) is 43.0 Å². The maximum absolute atomic E-state index is 11.8. The van der Waals surface area contributed by atoms with Gasteiger partial charge in [-0.2, -0.15) is 0 Å². The van der Waals surface area contributed by atoms with Crippen LogP contribution in [0.5, 0.6) is 0 Å². The van der Waals surface area contributed by atoms with E-state index in [0.717, 1.165) is 11.3 Å². The summed E-state index contributed by atoms with van der Waals surface area (Å²) < 4.78 is 0. The van der Waals surface area contributed by atoms with Crippen molar-refractivity contribution in [2.75, 3.05) is 13.2 Å². The maximum atomic E-state index is 11.8. The Morgan fingerprint density at radius 3 is 2.61 bits per heavy atom. The number of hydrogen-bond donors (Lipinski definition) is 2. The molecule has 0 saturated carbocycles. The van der Waals surface area contributed by atoms with Crippen molar-refractivity contribution >= 4 is 12.0 Å². The highest BCUT2D eigenvalue weighted by Gasteiger charge is 2.48. The van der Waals surface area contributed by atoms with E-state index in [2.05, 4.69) is 45.5 Å². The van der Waals surface area contributed by atoms with Crippen molar-refractivity contribution in [3.8, 4) is 0 Å². The first kappa shape index (κ1) is 20.2. The standard InChI is InChI=1S/C23H29N3O2/c1-3-7-17-9-11-18(12-10-17)23-20(14-25-22(28)4-2)26(21(23)16-27)15-19-8-5-6-13-24-19/h3,5-13,20-21,23,27H,4,14-16H2,1-2H3,(H,25,28)/t20-,21+,23+/m1/s1. The van der Waals surface area contributed by atoms with Gasteiger partial charge in [-0.25, -0.2) is 0 Å². The molecule has 28 heavy (non-hydrogen) atoms. The number of aliphatic hydroxyl groups is 1. The number of allylic oxidation sites excluding steroid dienone is 1. The molecule has 1 aromatic carbocycles. The number of nitrogens with one attached hydrogen (secondary N) is 1. The summed E-state index contributed by atoms with van der Waals surface area (Å²) in [5, 5.41) is 13.1. The van der Waals surface area contributed by atoms with Gasteiger partial charge in [-0.05, 0) is 30.2 Å². The minimum Gasteiger partial charge on any atom is -0.395 e. The molecule has 3 rings (SSSR count). The van der Waals surface area contributed by atoms with Crippen LogP contribution in [0.15, 0.2) is 54.7 Å². The van der Waals surface area contributed by atoms with Crippen molar-refractivity contribution in [2.24, 2.45) is 0 Å². The molecule has 0 bridgehead atoms. The first-order valence-corrected chi connectivity index (χ1v) is 9.93. The smallest absolute Gasteiger partial charge is 0.219 e. The molecule has 0 unspecified atom stereocenters. The molecule has 1 fully saturated rings. The summed E-state index contributed by atoms with van der Waals surface area (Å²) in [5.41, 5.74) is 3.32. The third-order valence-corrected chi connectivity index (χ3v) is 5.45. The third kappa shape index (κ3) is 4.49. The largest absolute Gasteiger partial charge is 0.395 e. The highest BCUT2D eigenvalue weighted by atomic mass is 16.3. The average Bonchev–Trinajstić information content (AvgIpc) is 2.72. The number of benzene rings is 1. The second-order valence-electron chi connectivity index (χ2n) is 7.16. The van der Waals surface area contributed by atoms with E-state index in [0.29, 0.717) is 19.5 Å². The van der Waals surface area contributed by atoms with Crippen LogP contribution in [0, 0.1) is 0 Å². The fourth-order valence-electron chi connectivity index (χ4n) is 4.00. The van der Waals surface area contributed by atoms with Crippen molar-refractivity contribution in [3.05, 3.63) is 71.6 Å². The molecule has 0 aliphatic carbocycles. The van der Waals surface area contributed by atoms with Crippen molar-refractivity contribution in [2.45, 2.75) is 44.8 Å². The molecule has 0 radical (unpaired) electrons. The molecule has 1 aromatic heterocycles. The number of hydrogen-bond acceptors (Lipinski definition) is 4. The summed E-state index contributed by atoms with van der Waals surface area (Å²) in [6.07, 6.45) is 6.35. The number of likely N-dealkylation sites (tertiary alicyclic amines) is 1. The fraction of sp³-hybridized carbons (Fsp3) is 0.391. The zero-order valence-electron chi connectivity index (χ0n) is 16.6. The van der Waals surface area contributed by atoms with Gasteiger partial charge in [0.1, 0.15) is 0 Å². The van der Waals surface area contributed by atoms with E-state index in [4.69, 9.17) is 0 Å². The fourth-order valence-corrected chi connectivity index (χ4v) is 4.00. The number of amides is 1. The SMILES string of the molecule is CC=Cc1ccc([C@H]2[C@@H](CNC(=O)CC)N(Cc3ccccn3)[C@H]2CO)cc1. The Labute approximate surface area is 167 Å². The molecule has 3 atom stereocenters. The zero-order chi connectivity index (χ0) is 19.9. The molecule has 2 heterocycles. The van der Waals surface area contributed by atoms with Crippen LogP contribution >= 0.6 is 0 Å². The van der Waals surface area contributed by atoms with Gasteiger partial charge in [-0.1, -0.05) is 49.4 Å². The monoisotopic (exact) mass is 379 g/mol. The molecule has 1 amide bonds. The zero-order valence-corrected chi connectivity index (χ0v) is 16.6. The van der Waals surface area contributed by atoms with Gasteiger partial charge >= 0.3 is 0 Å². The molecule has 0 spiro atoms. The Balaban J connectivity index is 1.82. The summed E-state index contributed by atoms with van der Waals surface area (Å²) in [4.78, 5) is 18.5. The van der Waals surface area contributed by atoms with Crippen LogP contribution in [0.4, 0.5) is 0 Å². The average molecular weight is 380 g/mol. The van der Waals surface area contributed by atoms with E-state index in [9.17, 15) is 9.90 Å². The summed E-state index contributed by atoms with van der Waals surface area (Å²) in [6.45, 7) is 5.16. The normalized spacial score (nSPS) is 22.2. The summed E-state index contributed by atoms with van der Waals surface area (Å²) in [5.74, 6) is 0.220. The number of pyridine rings is 1. The molecule has 1 saturated heterocycles. The highest BCUT2D eigenvalue weighted by molar-refractivity contribution is 5.75. The molecular formula is C23H29N3O2. The Morgan fingerprint density at radius 2 is 2.00 bits per heavy atom. The Bertz CT molecular complexity index is 789. The van der Waals surface area contributed by atoms with Crippen LogP contribution in [0.3, 0.4) is 0 Å². The van der Waals surface area contributed by atoms with E-state index in [-0.39, 0.29) is 30.5 Å². The molecule has 1 aliphatic rings. The molecular weight excluding hydrogens is 350 g/mol. The predicted octanol–water partition coefficient (Wildman–Crippen LogP) is 2.97. The van der Waals surface area contributed by atoms with Gasteiger partial charge in [0.15, 0.2) is 0 Å². The van der Waals surface area contributed by atoms with Crippen LogP contribution in [-0.2, 0) is 11.3 Å². The number of carbonyl (C=O) groups excluding carboxylic acids is 1. The van der Waals surface area contributed by atoms with Crippen LogP contribution in [0.25, 0.3) is 6.08 Å². The van der Waals surface area contributed by atoms with Gasteiger partial charge in [0.25, 0.3) is 0 Å². The molecule has 5 heteroatoms. The van der Waals surface area contributed by atoms with Gasteiger partial charge in [-0.15, -0.1) is 0 Å². The molecule has 1 aliphatic heterocycles. The minimum atomic E-state index is 0.0121.